The lowest BCUT2D eigenvalue weighted by Crippen LogP contribution is -2.39. The van der Waals surface area contributed by atoms with Crippen LogP contribution < -0.4 is 0 Å². The van der Waals surface area contributed by atoms with Crippen LogP contribution in [-0.2, 0) is 9.47 Å². The molecule has 1 atom stereocenters. The highest BCUT2D eigenvalue weighted by molar-refractivity contribution is 8.02. The summed E-state index contributed by atoms with van der Waals surface area (Å²) in [6, 6.07) is 0. The van der Waals surface area contributed by atoms with Crippen molar-refractivity contribution in [3.05, 3.63) is 35.0 Å². The Kier molecular flexibility index (Phi) is 5.27. The number of nitrogens with zero attached hydrogens (tertiary/aromatic N) is 3. The summed E-state index contributed by atoms with van der Waals surface area (Å²) in [6.45, 7) is 2.21. The van der Waals surface area contributed by atoms with Gasteiger partial charge in [-0.25, -0.2) is 9.18 Å². The third-order valence-electron chi connectivity index (χ3n) is 4.15. The molecule has 0 spiro atoms. The molecule has 3 aliphatic rings. The van der Waals surface area contributed by atoms with Gasteiger partial charge in [-0.15, -0.1) is 11.8 Å². The van der Waals surface area contributed by atoms with Crippen molar-refractivity contribution in [2.24, 2.45) is 9.98 Å². The number of amidine groups is 1. The summed E-state index contributed by atoms with van der Waals surface area (Å²) in [5.74, 6) is 1.50. The van der Waals surface area contributed by atoms with Crippen molar-refractivity contribution >= 4 is 29.5 Å². The Morgan fingerprint density at radius 1 is 1.56 bits per heavy atom. The van der Waals surface area contributed by atoms with Gasteiger partial charge in [0.1, 0.15) is 12.4 Å². The van der Waals surface area contributed by atoms with Gasteiger partial charge in [-0.05, 0) is 18.4 Å². The number of ether oxygens (including phenoxy) is 2. The summed E-state index contributed by atoms with van der Waals surface area (Å²) in [7, 11) is 1.20. The second-order valence-corrected chi connectivity index (χ2v) is 6.82. The van der Waals surface area contributed by atoms with Crippen molar-refractivity contribution in [2.75, 3.05) is 32.6 Å². The summed E-state index contributed by atoms with van der Waals surface area (Å²) in [4.78, 5) is 21.9. The maximum atomic E-state index is 15.3. The Morgan fingerprint density at radius 3 is 3.00 bits per heavy atom. The Balaban J connectivity index is 1.79. The van der Waals surface area contributed by atoms with Crippen LogP contribution in [0.3, 0.4) is 0 Å². The average molecular weight is 365 g/mol. The van der Waals surface area contributed by atoms with Crippen molar-refractivity contribution in [3.63, 3.8) is 0 Å². The summed E-state index contributed by atoms with van der Waals surface area (Å²) in [6.07, 6.45) is 4.86. The normalized spacial score (nSPS) is 24.8. The number of thioether (sulfide) groups is 1. The van der Waals surface area contributed by atoms with Crippen LogP contribution in [0, 0.1) is 0 Å². The molecule has 0 radical (unpaired) electrons. The predicted octanol–water partition coefficient (Wildman–Crippen LogP) is 3.08. The van der Waals surface area contributed by atoms with E-state index < -0.39 is 11.8 Å². The fourth-order valence-corrected chi connectivity index (χ4v) is 3.62. The molecule has 0 bridgehead atoms. The lowest BCUT2D eigenvalue weighted by atomic mass is 9.99. The first-order valence-electron chi connectivity index (χ1n) is 7.96. The standard InChI is InChI=1S/C17H20FN3O3S/c1-3-6-25-9-15-20-8-12(13-4-5-19-13)14-7-17(18,10-21(14)15)11-24-16(22)23-2/h3-6H,7-11H2,1-2H3/b6-3-. The number of alkyl halides is 1. The predicted molar refractivity (Wildman–Crippen MR) is 96.7 cm³/mol. The molecule has 0 aromatic rings. The van der Waals surface area contributed by atoms with E-state index in [-0.39, 0.29) is 19.6 Å². The third-order valence-corrected chi connectivity index (χ3v) is 5.04. The molecule has 1 fully saturated rings. The maximum absolute atomic E-state index is 15.3. The van der Waals surface area contributed by atoms with E-state index in [9.17, 15) is 4.79 Å². The average Bonchev–Trinajstić information content (AvgIpc) is 2.91. The van der Waals surface area contributed by atoms with Gasteiger partial charge in [0.15, 0.2) is 5.67 Å². The third kappa shape index (κ3) is 3.78. The highest BCUT2D eigenvalue weighted by Crippen LogP contribution is 2.39. The number of allylic oxidation sites excluding steroid dienone is 3. The van der Waals surface area contributed by atoms with Gasteiger partial charge in [0.25, 0.3) is 0 Å². The quantitative estimate of drug-likeness (QED) is 0.677. The number of halogens is 1. The SMILES string of the molecule is C/C=C\SCC1=NCC(C2=NC=C2)=C2CC(F)(COC(=O)OC)CN12. The summed E-state index contributed by atoms with van der Waals surface area (Å²) in [5.41, 5.74) is 1.01. The van der Waals surface area contributed by atoms with Crippen molar-refractivity contribution in [1.82, 2.24) is 4.90 Å². The number of rotatable bonds is 6. The molecule has 0 aromatic carbocycles. The summed E-state index contributed by atoms with van der Waals surface area (Å²) >= 11 is 1.61. The number of methoxy groups -OCH3 is 1. The van der Waals surface area contributed by atoms with E-state index in [1.807, 2.05) is 29.4 Å². The first-order valence-corrected chi connectivity index (χ1v) is 9.01. The van der Waals surface area contributed by atoms with Crippen LogP contribution in [-0.4, -0.2) is 60.8 Å². The zero-order chi connectivity index (χ0) is 17.9. The number of aliphatic imine (C=N–C) groups is 2. The summed E-state index contributed by atoms with van der Waals surface area (Å²) in [5, 5.41) is 1.99. The molecule has 1 unspecified atom stereocenters. The van der Waals surface area contributed by atoms with Crippen LogP contribution in [0.25, 0.3) is 0 Å². The van der Waals surface area contributed by atoms with Crippen LogP contribution in [0.1, 0.15) is 13.3 Å². The van der Waals surface area contributed by atoms with Crippen molar-refractivity contribution in [2.45, 2.75) is 19.0 Å². The molecule has 3 aliphatic heterocycles. The molecular formula is C17H20FN3O3S. The highest BCUT2D eigenvalue weighted by atomic mass is 32.2. The Hall–Kier alpha value is -2.09. The number of fused-ring (bicyclic) bond motifs is 1. The van der Waals surface area contributed by atoms with Gasteiger partial charge >= 0.3 is 6.16 Å². The Bertz CT molecular complexity index is 714. The van der Waals surface area contributed by atoms with E-state index >= 15 is 4.39 Å². The number of carbonyl (C=O) groups excluding carboxylic acids is 1. The van der Waals surface area contributed by atoms with Gasteiger partial charge in [-0.1, -0.05) is 6.08 Å². The zero-order valence-corrected chi connectivity index (χ0v) is 15.0. The van der Waals surface area contributed by atoms with E-state index in [1.54, 1.807) is 18.0 Å². The van der Waals surface area contributed by atoms with Gasteiger partial charge in [-0.2, -0.15) is 0 Å². The minimum Gasteiger partial charge on any atom is -0.438 e. The van der Waals surface area contributed by atoms with Crippen LogP contribution in [0.4, 0.5) is 9.18 Å². The monoisotopic (exact) mass is 365 g/mol. The van der Waals surface area contributed by atoms with Crippen LogP contribution in [0.2, 0.25) is 0 Å². The zero-order valence-electron chi connectivity index (χ0n) is 14.2. The van der Waals surface area contributed by atoms with Crippen LogP contribution >= 0.6 is 11.8 Å². The van der Waals surface area contributed by atoms with Crippen molar-refractivity contribution in [1.29, 1.82) is 0 Å². The second kappa shape index (κ2) is 7.43. The molecule has 0 aromatic heterocycles. The second-order valence-electron chi connectivity index (χ2n) is 5.92. The molecule has 0 saturated carbocycles. The van der Waals surface area contributed by atoms with Gasteiger partial charge in [0, 0.05) is 23.9 Å². The maximum Gasteiger partial charge on any atom is 0.508 e. The van der Waals surface area contributed by atoms with Crippen LogP contribution in [0.15, 0.2) is 45.0 Å². The van der Waals surface area contributed by atoms with Gasteiger partial charge in [0.2, 0.25) is 0 Å². The lowest BCUT2D eigenvalue weighted by Gasteiger charge is -2.29. The molecule has 6 nitrogen and oxygen atoms in total. The number of hydrogen-bond donors (Lipinski definition) is 0. The minimum atomic E-state index is -1.67. The van der Waals surface area contributed by atoms with Gasteiger partial charge < -0.3 is 14.4 Å². The first-order chi connectivity index (χ1) is 12.1. The topological polar surface area (TPSA) is 63.5 Å². The smallest absolute Gasteiger partial charge is 0.438 e. The van der Waals surface area contributed by atoms with Gasteiger partial charge in [-0.3, -0.25) is 9.98 Å². The lowest BCUT2D eigenvalue weighted by molar-refractivity contribution is 0.0204. The highest BCUT2D eigenvalue weighted by Gasteiger charge is 2.46. The molecule has 8 heteroatoms. The van der Waals surface area contributed by atoms with Gasteiger partial charge in [0.05, 0.1) is 31.7 Å². The summed E-state index contributed by atoms with van der Waals surface area (Å²) < 4.78 is 24.6. The Morgan fingerprint density at radius 2 is 2.36 bits per heavy atom. The molecule has 134 valence electrons. The van der Waals surface area contributed by atoms with Crippen molar-refractivity contribution < 1.29 is 18.7 Å². The molecule has 3 rings (SSSR count). The molecule has 1 saturated heterocycles. The van der Waals surface area contributed by atoms with E-state index in [0.717, 1.165) is 22.8 Å². The van der Waals surface area contributed by atoms with E-state index in [0.29, 0.717) is 12.3 Å². The van der Waals surface area contributed by atoms with E-state index in [1.165, 1.54) is 7.11 Å². The Labute approximate surface area is 150 Å². The fourth-order valence-electron chi connectivity index (χ4n) is 2.94. The molecule has 25 heavy (non-hydrogen) atoms. The molecule has 0 amide bonds. The van der Waals surface area contributed by atoms with E-state index in [2.05, 4.69) is 14.7 Å². The van der Waals surface area contributed by atoms with Crippen molar-refractivity contribution in [3.8, 4) is 0 Å². The molecule has 3 heterocycles. The molecular weight excluding hydrogens is 345 g/mol. The van der Waals surface area contributed by atoms with E-state index in [4.69, 9.17) is 4.74 Å². The largest absolute Gasteiger partial charge is 0.508 e. The fraction of sp³-hybridized carbons (Fsp3) is 0.471. The molecule has 0 N–H and O–H groups in total. The minimum absolute atomic E-state index is 0.106. The number of hydrogen-bond acceptors (Lipinski definition) is 7. The molecule has 0 aliphatic carbocycles. The van der Waals surface area contributed by atoms with Crippen LogP contribution in [0.5, 0.6) is 0 Å². The number of carbonyl (C=O) groups is 1. The first kappa shape index (κ1) is 17.7.